The normalized spacial score (nSPS) is 9.23. The van der Waals surface area contributed by atoms with Crippen LogP contribution in [0, 0.1) is 19.3 Å². The van der Waals surface area contributed by atoms with Crippen molar-refractivity contribution in [2.75, 3.05) is 12.3 Å². The van der Waals surface area contributed by atoms with E-state index in [2.05, 4.69) is 5.92 Å². The summed E-state index contributed by atoms with van der Waals surface area (Å²) in [6.45, 7) is 2.50. The minimum Gasteiger partial charge on any atom is -0.493 e. The number of ether oxygens (including phenoxy) is 1. The average Bonchev–Trinajstić information content (AvgIpc) is 2.12. The summed E-state index contributed by atoms with van der Waals surface area (Å²) in [6, 6.07) is 5.59. The van der Waals surface area contributed by atoms with Crippen molar-refractivity contribution in [3.63, 3.8) is 0 Å². The summed E-state index contributed by atoms with van der Waals surface area (Å²) < 4.78 is 5.38. The molecule has 0 unspecified atom stereocenters. The molecule has 0 spiro atoms. The summed E-state index contributed by atoms with van der Waals surface area (Å²) in [7, 11) is 0. The summed E-state index contributed by atoms with van der Waals surface area (Å²) in [5.41, 5.74) is 7.46. The fraction of sp³-hybridized carbons (Fsp3) is 0.273. The van der Waals surface area contributed by atoms with Crippen LogP contribution >= 0.6 is 0 Å². The minimum atomic E-state index is 0.555. The Morgan fingerprint density at radius 1 is 1.54 bits per heavy atom. The highest BCUT2D eigenvalue weighted by atomic mass is 16.5. The van der Waals surface area contributed by atoms with E-state index in [0.717, 1.165) is 17.0 Å². The van der Waals surface area contributed by atoms with Gasteiger partial charge in [-0.25, -0.2) is 0 Å². The van der Waals surface area contributed by atoms with Crippen LogP contribution in [0.2, 0.25) is 0 Å². The van der Waals surface area contributed by atoms with Gasteiger partial charge in [0.25, 0.3) is 0 Å². The SMILES string of the molecule is C#CCCOc1ccc(N)c(C)c1. The van der Waals surface area contributed by atoms with Crippen LogP contribution in [0.1, 0.15) is 12.0 Å². The Hall–Kier alpha value is -1.62. The first-order valence-electron chi connectivity index (χ1n) is 4.16. The van der Waals surface area contributed by atoms with Gasteiger partial charge in [-0.1, -0.05) is 0 Å². The van der Waals surface area contributed by atoms with Gasteiger partial charge in [-0.2, -0.15) is 0 Å². The Kier molecular flexibility index (Phi) is 3.22. The summed E-state index contributed by atoms with van der Waals surface area (Å²) in [5.74, 6) is 3.34. The summed E-state index contributed by atoms with van der Waals surface area (Å²) in [6.07, 6.45) is 5.73. The van der Waals surface area contributed by atoms with E-state index in [1.165, 1.54) is 0 Å². The monoisotopic (exact) mass is 175 g/mol. The molecule has 0 bridgehead atoms. The molecule has 0 aliphatic carbocycles. The maximum atomic E-state index is 5.66. The molecule has 0 saturated carbocycles. The first-order valence-corrected chi connectivity index (χ1v) is 4.16. The first-order chi connectivity index (χ1) is 6.24. The van der Waals surface area contributed by atoms with Crippen molar-refractivity contribution in [2.45, 2.75) is 13.3 Å². The van der Waals surface area contributed by atoms with Crippen molar-refractivity contribution in [1.29, 1.82) is 0 Å². The van der Waals surface area contributed by atoms with Crippen LogP contribution in [0.25, 0.3) is 0 Å². The quantitative estimate of drug-likeness (QED) is 0.433. The van der Waals surface area contributed by atoms with Crippen LogP contribution in [0.5, 0.6) is 5.75 Å². The molecule has 2 heteroatoms. The number of anilines is 1. The third-order valence-electron chi connectivity index (χ3n) is 1.76. The molecule has 68 valence electrons. The van der Waals surface area contributed by atoms with Crippen molar-refractivity contribution >= 4 is 5.69 Å². The molecule has 0 aliphatic rings. The Bertz CT molecular complexity index is 325. The number of benzene rings is 1. The first kappa shape index (κ1) is 9.47. The van der Waals surface area contributed by atoms with Crippen molar-refractivity contribution in [3.8, 4) is 18.1 Å². The number of hydrogen-bond acceptors (Lipinski definition) is 2. The molecule has 0 saturated heterocycles. The summed E-state index contributed by atoms with van der Waals surface area (Å²) in [5, 5.41) is 0. The van der Waals surface area contributed by atoms with E-state index in [0.29, 0.717) is 13.0 Å². The number of rotatable bonds is 3. The largest absolute Gasteiger partial charge is 0.493 e. The van der Waals surface area contributed by atoms with Crippen molar-refractivity contribution in [2.24, 2.45) is 0 Å². The van der Waals surface area contributed by atoms with Crippen LogP contribution in [-0.4, -0.2) is 6.61 Å². The lowest BCUT2D eigenvalue weighted by Crippen LogP contribution is -1.97. The van der Waals surface area contributed by atoms with Gasteiger partial charge in [0.2, 0.25) is 0 Å². The summed E-state index contributed by atoms with van der Waals surface area (Å²) in [4.78, 5) is 0. The van der Waals surface area contributed by atoms with Gasteiger partial charge in [0.1, 0.15) is 5.75 Å². The summed E-state index contributed by atoms with van der Waals surface area (Å²) >= 11 is 0. The zero-order valence-electron chi connectivity index (χ0n) is 7.71. The highest BCUT2D eigenvalue weighted by Crippen LogP contribution is 2.18. The molecule has 0 atom stereocenters. The van der Waals surface area contributed by atoms with E-state index in [1.807, 2.05) is 25.1 Å². The molecular formula is C11H13NO. The van der Waals surface area contributed by atoms with E-state index in [-0.39, 0.29) is 0 Å². The predicted molar refractivity (Wildman–Crippen MR) is 54.5 cm³/mol. The van der Waals surface area contributed by atoms with Gasteiger partial charge in [0.15, 0.2) is 0 Å². The average molecular weight is 175 g/mol. The predicted octanol–water partition coefficient (Wildman–Crippen LogP) is 1.98. The molecule has 0 aromatic heterocycles. The number of nitrogen functional groups attached to an aromatic ring is 1. The van der Waals surface area contributed by atoms with Gasteiger partial charge in [0.05, 0.1) is 6.61 Å². The number of aryl methyl sites for hydroxylation is 1. The van der Waals surface area contributed by atoms with E-state index >= 15 is 0 Å². The van der Waals surface area contributed by atoms with Gasteiger partial charge in [-0.05, 0) is 30.7 Å². The lowest BCUT2D eigenvalue weighted by Gasteiger charge is -2.06. The molecule has 0 heterocycles. The minimum absolute atomic E-state index is 0.555. The molecule has 0 aliphatic heterocycles. The lowest BCUT2D eigenvalue weighted by molar-refractivity contribution is 0.327. The highest BCUT2D eigenvalue weighted by Gasteiger charge is 1.96. The Morgan fingerprint density at radius 3 is 2.92 bits per heavy atom. The molecule has 1 aromatic carbocycles. The van der Waals surface area contributed by atoms with Crippen LogP contribution < -0.4 is 10.5 Å². The standard InChI is InChI=1S/C11H13NO/c1-3-4-7-13-10-5-6-11(12)9(2)8-10/h1,5-6,8H,4,7,12H2,2H3. The van der Waals surface area contributed by atoms with E-state index < -0.39 is 0 Å². The maximum Gasteiger partial charge on any atom is 0.119 e. The van der Waals surface area contributed by atoms with Crippen LogP contribution in [0.4, 0.5) is 5.69 Å². The number of nitrogens with two attached hydrogens (primary N) is 1. The van der Waals surface area contributed by atoms with Crippen molar-refractivity contribution in [3.05, 3.63) is 23.8 Å². The molecule has 0 amide bonds. The zero-order chi connectivity index (χ0) is 9.68. The van der Waals surface area contributed by atoms with Gasteiger partial charge in [-0.15, -0.1) is 12.3 Å². The molecule has 2 N–H and O–H groups in total. The molecule has 13 heavy (non-hydrogen) atoms. The number of terminal acetylenes is 1. The zero-order valence-corrected chi connectivity index (χ0v) is 7.71. The molecule has 0 radical (unpaired) electrons. The Morgan fingerprint density at radius 2 is 2.31 bits per heavy atom. The third-order valence-corrected chi connectivity index (χ3v) is 1.76. The Labute approximate surface area is 78.7 Å². The van der Waals surface area contributed by atoms with Gasteiger partial charge >= 0.3 is 0 Å². The second-order valence-electron chi connectivity index (χ2n) is 2.82. The maximum absolute atomic E-state index is 5.66. The highest BCUT2D eigenvalue weighted by molar-refractivity contribution is 5.49. The number of hydrogen-bond donors (Lipinski definition) is 1. The third kappa shape index (κ3) is 2.72. The van der Waals surface area contributed by atoms with Gasteiger partial charge in [-0.3, -0.25) is 0 Å². The van der Waals surface area contributed by atoms with Crippen molar-refractivity contribution in [1.82, 2.24) is 0 Å². The molecular weight excluding hydrogens is 162 g/mol. The van der Waals surface area contributed by atoms with Gasteiger partial charge in [0, 0.05) is 12.1 Å². The fourth-order valence-corrected chi connectivity index (χ4v) is 0.966. The molecule has 1 rings (SSSR count). The second kappa shape index (κ2) is 4.42. The Balaban J connectivity index is 2.59. The smallest absolute Gasteiger partial charge is 0.119 e. The van der Waals surface area contributed by atoms with E-state index in [1.54, 1.807) is 0 Å². The van der Waals surface area contributed by atoms with Crippen LogP contribution in [0.15, 0.2) is 18.2 Å². The van der Waals surface area contributed by atoms with Gasteiger partial charge < -0.3 is 10.5 Å². The molecule has 2 nitrogen and oxygen atoms in total. The van der Waals surface area contributed by atoms with Crippen molar-refractivity contribution < 1.29 is 4.74 Å². The van der Waals surface area contributed by atoms with Crippen LogP contribution in [-0.2, 0) is 0 Å². The van der Waals surface area contributed by atoms with E-state index in [9.17, 15) is 0 Å². The van der Waals surface area contributed by atoms with Crippen LogP contribution in [0.3, 0.4) is 0 Å². The molecule has 0 fully saturated rings. The second-order valence-corrected chi connectivity index (χ2v) is 2.82. The topological polar surface area (TPSA) is 35.2 Å². The van der Waals surface area contributed by atoms with E-state index in [4.69, 9.17) is 16.9 Å². The fourth-order valence-electron chi connectivity index (χ4n) is 0.966. The lowest BCUT2D eigenvalue weighted by atomic mass is 10.2. The molecule has 1 aromatic rings.